The van der Waals surface area contributed by atoms with Gasteiger partial charge in [0.15, 0.2) is 5.13 Å². The van der Waals surface area contributed by atoms with Gasteiger partial charge in [-0.3, -0.25) is 19.5 Å². The first-order chi connectivity index (χ1) is 16.0. The number of fused-ring (bicyclic) bond motifs is 1. The predicted octanol–water partition coefficient (Wildman–Crippen LogP) is 4.47. The molecule has 0 saturated carbocycles. The normalized spacial score (nSPS) is 17.6. The number of halogens is 1. The topological polar surface area (TPSA) is 92.6 Å². The monoisotopic (exact) mass is 461 g/mol. The van der Waals surface area contributed by atoms with E-state index >= 15 is 0 Å². The molecule has 2 aromatic carbocycles. The highest BCUT2D eigenvalue weighted by atomic mass is 32.1. The fraction of sp³-hybridized carbons (Fsp3) is 0.0833. The fourth-order valence-corrected chi connectivity index (χ4v) is 4.80. The van der Waals surface area contributed by atoms with Gasteiger partial charge in [0.1, 0.15) is 17.3 Å². The van der Waals surface area contributed by atoms with Crippen LogP contribution in [-0.4, -0.2) is 33.9 Å². The summed E-state index contributed by atoms with van der Waals surface area (Å²) in [5.74, 6) is -1.90. The third-order valence-corrected chi connectivity index (χ3v) is 6.39. The molecule has 1 atom stereocenters. The molecule has 0 radical (unpaired) electrons. The quantitative estimate of drug-likeness (QED) is 0.274. The summed E-state index contributed by atoms with van der Waals surface area (Å²) in [5.41, 5.74) is 1.34. The molecule has 3 heterocycles. The number of hydrogen-bond acceptors (Lipinski definition) is 7. The maximum atomic E-state index is 13.4. The van der Waals surface area contributed by atoms with Crippen LogP contribution in [-0.2, 0) is 9.59 Å². The smallest absolute Gasteiger partial charge is 0.301 e. The van der Waals surface area contributed by atoms with Crippen molar-refractivity contribution < 1.29 is 23.8 Å². The zero-order chi connectivity index (χ0) is 23.1. The minimum atomic E-state index is -0.930. The summed E-state index contributed by atoms with van der Waals surface area (Å²) in [7, 11) is 1.56. The third kappa shape index (κ3) is 3.52. The van der Waals surface area contributed by atoms with Crippen molar-refractivity contribution in [3.8, 4) is 5.75 Å². The molecule has 1 amide bonds. The average Bonchev–Trinajstić information content (AvgIpc) is 3.37. The molecule has 0 bridgehead atoms. The largest absolute Gasteiger partial charge is 0.507 e. The Morgan fingerprint density at radius 2 is 1.82 bits per heavy atom. The molecule has 1 fully saturated rings. The highest BCUT2D eigenvalue weighted by Gasteiger charge is 2.48. The molecule has 9 heteroatoms. The number of rotatable bonds is 4. The van der Waals surface area contributed by atoms with Crippen molar-refractivity contribution in [1.29, 1.82) is 0 Å². The Labute approximate surface area is 191 Å². The number of aliphatic hydroxyl groups is 1. The van der Waals surface area contributed by atoms with Crippen molar-refractivity contribution >= 4 is 44.1 Å². The molecular weight excluding hydrogens is 445 g/mol. The van der Waals surface area contributed by atoms with Crippen molar-refractivity contribution in [2.75, 3.05) is 12.0 Å². The summed E-state index contributed by atoms with van der Waals surface area (Å²) in [6.45, 7) is 0. The van der Waals surface area contributed by atoms with Gasteiger partial charge in [0.2, 0.25) is 0 Å². The van der Waals surface area contributed by atoms with Gasteiger partial charge in [-0.15, -0.1) is 0 Å². The number of hydrogen-bond donors (Lipinski definition) is 1. The number of carbonyl (C=O) groups is 2. The molecule has 7 nitrogen and oxygen atoms in total. The SMILES string of the molecule is COc1ccc2nc(N3C(=O)C(=O)/C(=C(/O)c4ccc(F)cc4)C3c3ccncc3)sc2c1. The molecule has 1 aliphatic rings. The van der Waals surface area contributed by atoms with E-state index in [0.717, 1.165) is 4.70 Å². The second kappa shape index (κ2) is 8.10. The van der Waals surface area contributed by atoms with Crippen molar-refractivity contribution in [2.24, 2.45) is 0 Å². The number of aromatic nitrogens is 2. The van der Waals surface area contributed by atoms with E-state index < -0.39 is 23.5 Å². The molecule has 1 unspecified atom stereocenters. The summed E-state index contributed by atoms with van der Waals surface area (Å²) in [6.07, 6.45) is 3.08. The van der Waals surface area contributed by atoms with E-state index in [9.17, 15) is 19.1 Å². The van der Waals surface area contributed by atoms with Gasteiger partial charge in [0.05, 0.1) is 28.9 Å². The van der Waals surface area contributed by atoms with Gasteiger partial charge in [-0.1, -0.05) is 11.3 Å². The van der Waals surface area contributed by atoms with Gasteiger partial charge in [0, 0.05) is 18.0 Å². The molecule has 164 valence electrons. The molecule has 0 aliphatic carbocycles. The van der Waals surface area contributed by atoms with Crippen LogP contribution in [0.25, 0.3) is 16.0 Å². The molecule has 5 rings (SSSR count). The van der Waals surface area contributed by atoms with Gasteiger partial charge >= 0.3 is 5.91 Å². The Hall–Kier alpha value is -4.11. The molecule has 1 N–H and O–H groups in total. The standard InChI is InChI=1S/C24H16FN3O4S/c1-32-16-6-7-17-18(12-16)33-24(27-17)28-20(13-8-10-26-11-9-13)19(22(30)23(28)31)21(29)14-2-4-15(25)5-3-14/h2-12,20,29H,1H3/b21-19+. The Kier molecular flexibility index (Phi) is 5.10. The van der Waals surface area contributed by atoms with Crippen LogP contribution in [0.4, 0.5) is 9.52 Å². The number of ether oxygens (including phenoxy) is 1. The molecular formula is C24H16FN3O4S. The first-order valence-electron chi connectivity index (χ1n) is 9.89. The van der Waals surface area contributed by atoms with Gasteiger partial charge in [0.25, 0.3) is 5.78 Å². The lowest BCUT2D eigenvalue weighted by atomic mass is 9.96. The molecule has 1 saturated heterocycles. The van der Waals surface area contributed by atoms with Gasteiger partial charge < -0.3 is 9.84 Å². The Balaban J connectivity index is 1.71. The number of nitrogens with zero attached hydrogens (tertiary/aromatic N) is 3. The van der Waals surface area contributed by atoms with Crippen LogP contribution in [0.3, 0.4) is 0 Å². The summed E-state index contributed by atoms with van der Waals surface area (Å²) in [5, 5.41) is 11.3. The van der Waals surface area contributed by atoms with Crippen molar-refractivity contribution in [3.63, 3.8) is 0 Å². The Morgan fingerprint density at radius 1 is 1.09 bits per heavy atom. The number of amides is 1. The van der Waals surface area contributed by atoms with Gasteiger partial charge in [-0.05, 0) is 60.2 Å². The summed E-state index contributed by atoms with van der Waals surface area (Å²) in [4.78, 5) is 36.2. The number of ketones is 1. The second-order valence-corrected chi connectivity index (χ2v) is 8.30. The van der Waals surface area contributed by atoms with Crippen LogP contribution < -0.4 is 9.64 Å². The molecule has 0 spiro atoms. The number of anilines is 1. The van der Waals surface area contributed by atoms with E-state index in [1.165, 1.54) is 52.9 Å². The first-order valence-corrected chi connectivity index (χ1v) is 10.7. The fourth-order valence-electron chi connectivity index (χ4n) is 3.78. The number of thiazole rings is 1. The van der Waals surface area contributed by atoms with Crippen LogP contribution in [0, 0.1) is 5.82 Å². The van der Waals surface area contributed by atoms with Crippen LogP contribution in [0.15, 0.2) is 72.6 Å². The van der Waals surface area contributed by atoms with E-state index in [4.69, 9.17) is 4.74 Å². The maximum absolute atomic E-state index is 13.4. The number of methoxy groups -OCH3 is 1. The summed E-state index contributed by atoms with van der Waals surface area (Å²) in [6, 6.07) is 12.8. The molecule has 4 aromatic rings. The van der Waals surface area contributed by atoms with Crippen LogP contribution in [0.5, 0.6) is 5.75 Å². The van der Waals surface area contributed by atoms with Crippen LogP contribution in [0.2, 0.25) is 0 Å². The number of aliphatic hydroxyl groups excluding tert-OH is 1. The maximum Gasteiger partial charge on any atom is 0.301 e. The Morgan fingerprint density at radius 3 is 2.52 bits per heavy atom. The zero-order valence-corrected chi connectivity index (χ0v) is 18.0. The number of benzene rings is 2. The molecule has 33 heavy (non-hydrogen) atoms. The lowest BCUT2D eigenvalue weighted by Gasteiger charge is -2.22. The van der Waals surface area contributed by atoms with Gasteiger partial charge in [-0.2, -0.15) is 0 Å². The second-order valence-electron chi connectivity index (χ2n) is 7.29. The highest BCUT2D eigenvalue weighted by Crippen LogP contribution is 2.44. The first kappa shape index (κ1) is 20.8. The molecule has 1 aliphatic heterocycles. The number of carbonyl (C=O) groups excluding carboxylic acids is 2. The zero-order valence-electron chi connectivity index (χ0n) is 17.2. The van der Waals surface area contributed by atoms with Crippen molar-refractivity contribution in [1.82, 2.24) is 9.97 Å². The lowest BCUT2D eigenvalue weighted by molar-refractivity contribution is -0.132. The van der Waals surface area contributed by atoms with E-state index in [-0.39, 0.29) is 16.9 Å². The van der Waals surface area contributed by atoms with Crippen LogP contribution >= 0.6 is 11.3 Å². The highest BCUT2D eigenvalue weighted by molar-refractivity contribution is 7.22. The lowest BCUT2D eigenvalue weighted by Crippen LogP contribution is -2.29. The van der Waals surface area contributed by atoms with E-state index in [2.05, 4.69) is 9.97 Å². The van der Waals surface area contributed by atoms with E-state index in [1.807, 2.05) is 0 Å². The van der Waals surface area contributed by atoms with E-state index in [0.29, 0.717) is 22.0 Å². The Bertz CT molecular complexity index is 1420. The minimum Gasteiger partial charge on any atom is -0.507 e. The van der Waals surface area contributed by atoms with Crippen molar-refractivity contribution in [3.05, 3.63) is 89.5 Å². The third-order valence-electron chi connectivity index (χ3n) is 5.37. The van der Waals surface area contributed by atoms with Crippen LogP contribution in [0.1, 0.15) is 17.2 Å². The van der Waals surface area contributed by atoms with E-state index in [1.54, 1.807) is 37.4 Å². The average molecular weight is 461 g/mol. The number of Topliss-reactive ketones (excluding diaryl/α,β-unsaturated/α-hetero) is 1. The minimum absolute atomic E-state index is 0.102. The molecule has 2 aromatic heterocycles. The van der Waals surface area contributed by atoms with Crippen molar-refractivity contribution in [2.45, 2.75) is 6.04 Å². The number of pyridine rings is 1. The summed E-state index contributed by atoms with van der Waals surface area (Å²) >= 11 is 1.23. The summed E-state index contributed by atoms with van der Waals surface area (Å²) < 4.78 is 19.4. The predicted molar refractivity (Wildman–Crippen MR) is 122 cm³/mol. The van der Waals surface area contributed by atoms with Gasteiger partial charge in [-0.25, -0.2) is 9.37 Å².